The van der Waals surface area contributed by atoms with Crippen molar-refractivity contribution in [1.82, 2.24) is 0 Å². The van der Waals surface area contributed by atoms with Crippen LogP contribution >= 0.6 is 0 Å². The van der Waals surface area contributed by atoms with Gasteiger partial charge < -0.3 is 4.43 Å². The van der Waals surface area contributed by atoms with Crippen LogP contribution in [0.3, 0.4) is 0 Å². The van der Waals surface area contributed by atoms with Crippen molar-refractivity contribution in [3.63, 3.8) is 0 Å². The molecule has 0 aromatic rings. The van der Waals surface area contributed by atoms with Crippen LogP contribution in [0.25, 0.3) is 0 Å². The first-order valence-corrected chi connectivity index (χ1v) is 14.4. The van der Waals surface area contributed by atoms with Gasteiger partial charge in [0.25, 0.3) is 0 Å². The molecule has 25 heavy (non-hydrogen) atoms. The molecule has 0 heterocycles. The second kappa shape index (κ2) is 5.71. The molecule has 4 rings (SSSR count). The van der Waals surface area contributed by atoms with E-state index in [0.717, 1.165) is 23.7 Å². The molecule has 0 aromatic carbocycles. The average Bonchev–Trinajstić information content (AvgIpc) is 2.76. The summed E-state index contributed by atoms with van der Waals surface area (Å²) in [5, 5.41) is 0. The van der Waals surface area contributed by atoms with Crippen LogP contribution in [0.4, 0.5) is 0 Å². The normalized spacial score (nSPS) is 52.4. The van der Waals surface area contributed by atoms with Crippen molar-refractivity contribution < 1.29 is 4.43 Å². The minimum Gasteiger partial charge on any atom is -0.412 e. The molecule has 1 nitrogen and oxygen atoms in total. The monoisotopic (exact) mass is 360 g/mol. The predicted octanol–water partition coefficient (Wildman–Crippen LogP) is 6.81. The smallest absolute Gasteiger partial charge is 0.184 e. The molecule has 142 valence electrons. The van der Waals surface area contributed by atoms with E-state index in [9.17, 15) is 0 Å². The van der Waals surface area contributed by atoms with E-state index in [-0.39, 0.29) is 5.60 Å². The average molecular weight is 361 g/mol. The van der Waals surface area contributed by atoms with Gasteiger partial charge in [0.1, 0.15) is 0 Å². The highest BCUT2D eigenvalue weighted by atomic mass is 28.4. The van der Waals surface area contributed by atoms with Gasteiger partial charge in [-0.25, -0.2) is 0 Å². The van der Waals surface area contributed by atoms with Crippen LogP contribution < -0.4 is 0 Å². The summed E-state index contributed by atoms with van der Waals surface area (Å²) in [5.74, 6) is 3.68. The van der Waals surface area contributed by atoms with E-state index in [1.807, 2.05) is 0 Å². The molecule has 7 atom stereocenters. The molecule has 0 bridgehead atoms. The first kappa shape index (κ1) is 18.3. The molecule has 0 spiro atoms. The van der Waals surface area contributed by atoms with Gasteiger partial charge in [-0.3, -0.25) is 0 Å². The molecule has 2 unspecified atom stereocenters. The number of fused-ring (bicyclic) bond motifs is 5. The fraction of sp³-hybridized carbons (Fsp3) is 0.913. The van der Waals surface area contributed by atoms with Crippen molar-refractivity contribution in [1.29, 1.82) is 0 Å². The van der Waals surface area contributed by atoms with Gasteiger partial charge in [0.15, 0.2) is 8.32 Å². The maximum atomic E-state index is 6.90. The predicted molar refractivity (Wildman–Crippen MR) is 109 cm³/mol. The van der Waals surface area contributed by atoms with Gasteiger partial charge in [0, 0.05) is 0 Å². The minimum atomic E-state index is -1.51. The maximum absolute atomic E-state index is 6.90. The Morgan fingerprint density at radius 2 is 1.60 bits per heavy atom. The minimum absolute atomic E-state index is 0.122. The van der Waals surface area contributed by atoms with Crippen molar-refractivity contribution in [2.45, 2.75) is 97.4 Å². The SMILES string of the molecule is CC1(O[Si](C)(C)C)CC[C@H]2[C@@H]3CCC4C=CCC[C@]4(C)[C@H]3CC[C@@]21C. The Morgan fingerprint density at radius 1 is 0.880 bits per heavy atom. The van der Waals surface area contributed by atoms with E-state index in [1.165, 1.54) is 51.4 Å². The fourth-order valence-corrected chi connectivity index (χ4v) is 9.58. The molecule has 3 fully saturated rings. The summed E-state index contributed by atoms with van der Waals surface area (Å²) in [6.45, 7) is 14.9. The lowest BCUT2D eigenvalue weighted by Crippen LogP contribution is -2.57. The lowest BCUT2D eigenvalue weighted by molar-refractivity contribution is -0.129. The molecule has 0 amide bonds. The van der Waals surface area contributed by atoms with E-state index in [2.05, 4.69) is 52.6 Å². The second-order valence-electron chi connectivity index (χ2n) is 11.5. The van der Waals surface area contributed by atoms with Crippen molar-refractivity contribution in [3.05, 3.63) is 12.2 Å². The number of rotatable bonds is 2. The first-order valence-electron chi connectivity index (χ1n) is 11.0. The molecular formula is C23H40OSi. The van der Waals surface area contributed by atoms with Crippen LogP contribution in [0.15, 0.2) is 12.2 Å². The van der Waals surface area contributed by atoms with E-state index < -0.39 is 8.32 Å². The first-order chi connectivity index (χ1) is 11.6. The van der Waals surface area contributed by atoms with Crippen molar-refractivity contribution in [2.24, 2.45) is 34.5 Å². The van der Waals surface area contributed by atoms with Gasteiger partial charge in [-0.2, -0.15) is 0 Å². The molecule has 4 aliphatic carbocycles. The van der Waals surface area contributed by atoms with Crippen molar-refractivity contribution >= 4 is 8.32 Å². The van der Waals surface area contributed by atoms with Gasteiger partial charge in [-0.1, -0.05) is 26.0 Å². The zero-order valence-electron chi connectivity index (χ0n) is 17.5. The zero-order valence-corrected chi connectivity index (χ0v) is 18.5. The van der Waals surface area contributed by atoms with Crippen LogP contribution in [0.5, 0.6) is 0 Å². The standard InChI is InChI=1S/C23H40OSi/c1-21-14-8-7-9-17(21)10-11-18-19(21)12-15-22(2)20(18)13-16-23(22,3)24-25(4,5)6/h7,9,17-20H,8,10-16H2,1-6H3/t17?,18-,19+,20+,21+,22+,23?/m1/s1. The summed E-state index contributed by atoms with van der Waals surface area (Å²) in [4.78, 5) is 0. The highest BCUT2D eigenvalue weighted by Crippen LogP contribution is 2.68. The molecule has 0 saturated heterocycles. The molecule has 0 N–H and O–H groups in total. The van der Waals surface area contributed by atoms with Crippen LogP contribution in [0.2, 0.25) is 19.6 Å². The number of hydrogen-bond acceptors (Lipinski definition) is 1. The third-order valence-electron chi connectivity index (χ3n) is 9.22. The Kier molecular flexibility index (Phi) is 4.17. The molecule has 0 aliphatic heterocycles. The fourth-order valence-electron chi connectivity index (χ4n) is 7.90. The van der Waals surface area contributed by atoms with Crippen LogP contribution in [0, 0.1) is 34.5 Å². The second-order valence-corrected chi connectivity index (χ2v) is 15.9. The Bertz CT molecular complexity index is 563. The topological polar surface area (TPSA) is 9.23 Å². The Morgan fingerprint density at radius 3 is 2.32 bits per heavy atom. The van der Waals surface area contributed by atoms with Crippen LogP contribution in [0.1, 0.15) is 72.1 Å². The molecule has 0 radical (unpaired) electrons. The number of allylic oxidation sites excluding steroid dienone is 2. The van der Waals surface area contributed by atoms with E-state index >= 15 is 0 Å². The van der Waals surface area contributed by atoms with Gasteiger partial charge in [0.05, 0.1) is 5.60 Å². The lowest BCUT2D eigenvalue weighted by atomic mass is 9.45. The summed E-state index contributed by atoms with van der Waals surface area (Å²) in [7, 11) is -1.51. The van der Waals surface area contributed by atoms with E-state index in [1.54, 1.807) is 0 Å². The lowest BCUT2D eigenvalue weighted by Gasteiger charge is -2.61. The van der Waals surface area contributed by atoms with Gasteiger partial charge in [-0.15, -0.1) is 0 Å². The van der Waals surface area contributed by atoms with Crippen LogP contribution in [-0.4, -0.2) is 13.9 Å². The third kappa shape index (κ3) is 2.64. The van der Waals surface area contributed by atoms with Crippen molar-refractivity contribution in [2.75, 3.05) is 0 Å². The molecular weight excluding hydrogens is 320 g/mol. The molecule has 3 saturated carbocycles. The van der Waals surface area contributed by atoms with Gasteiger partial charge in [-0.05, 0) is 112 Å². The van der Waals surface area contributed by atoms with Crippen LogP contribution in [-0.2, 0) is 4.43 Å². The Labute approximate surface area is 157 Å². The molecule has 2 heteroatoms. The molecule has 0 aromatic heterocycles. The van der Waals surface area contributed by atoms with E-state index in [4.69, 9.17) is 4.43 Å². The van der Waals surface area contributed by atoms with Crippen molar-refractivity contribution in [3.8, 4) is 0 Å². The zero-order chi connectivity index (χ0) is 18.1. The van der Waals surface area contributed by atoms with Gasteiger partial charge >= 0.3 is 0 Å². The Balaban J connectivity index is 1.63. The van der Waals surface area contributed by atoms with Gasteiger partial charge in [0.2, 0.25) is 0 Å². The summed E-state index contributed by atoms with van der Waals surface area (Å²) >= 11 is 0. The summed E-state index contributed by atoms with van der Waals surface area (Å²) in [6.07, 6.45) is 16.3. The summed E-state index contributed by atoms with van der Waals surface area (Å²) in [6, 6.07) is 0. The largest absolute Gasteiger partial charge is 0.412 e. The summed E-state index contributed by atoms with van der Waals surface area (Å²) < 4.78 is 6.90. The quantitative estimate of drug-likeness (QED) is 0.388. The number of hydrogen-bond donors (Lipinski definition) is 0. The Hall–Kier alpha value is -0.0831. The highest BCUT2D eigenvalue weighted by Gasteiger charge is 2.63. The third-order valence-corrected chi connectivity index (χ3v) is 10.3. The summed E-state index contributed by atoms with van der Waals surface area (Å²) in [5.41, 5.74) is 1.11. The highest BCUT2D eigenvalue weighted by molar-refractivity contribution is 6.69. The molecule has 4 aliphatic rings. The maximum Gasteiger partial charge on any atom is 0.184 e. The van der Waals surface area contributed by atoms with E-state index in [0.29, 0.717) is 10.8 Å².